The molecule has 2 rings (SSSR count). The van der Waals surface area contributed by atoms with Gasteiger partial charge in [0.2, 0.25) is 5.60 Å². The van der Waals surface area contributed by atoms with Gasteiger partial charge in [-0.2, -0.15) is 0 Å². The van der Waals surface area contributed by atoms with Gasteiger partial charge >= 0.3 is 23.9 Å². The fraction of sp³-hybridized carbons (Fsp3) is 0.692. The standard InChI is InChI=1S/C13H16O8/c1-6(14)18-9-4-13(21-8(3)16)5-10(20-12(13)17)11(9)19-7(2)15/h9-11H,4-5H2,1-3H3/t9-,10-,11+,13+/m0/s1. The van der Waals surface area contributed by atoms with Crippen LogP contribution in [0, 0.1) is 0 Å². The van der Waals surface area contributed by atoms with Crippen LogP contribution in [0.2, 0.25) is 0 Å². The summed E-state index contributed by atoms with van der Waals surface area (Å²) in [5, 5.41) is 0. The van der Waals surface area contributed by atoms with Crippen molar-refractivity contribution in [1.29, 1.82) is 0 Å². The van der Waals surface area contributed by atoms with E-state index in [9.17, 15) is 19.2 Å². The number of carbonyl (C=O) groups is 4. The van der Waals surface area contributed by atoms with Crippen LogP contribution >= 0.6 is 0 Å². The summed E-state index contributed by atoms with van der Waals surface area (Å²) in [5.74, 6) is -2.53. The maximum absolute atomic E-state index is 12.0. The third-order valence-corrected chi connectivity index (χ3v) is 3.38. The Morgan fingerprint density at radius 1 is 1.05 bits per heavy atom. The molecule has 0 unspecified atom stereocenters. The van der Waals surface area contributed by atoms with Gasteiger partial charge < -0.3 is 18.9 Å². The summed E-state index contributed by atoms with van der Waals surface area (Å²) in [7, 11) is 0. The van der Waals surface area contributed by atoms with Gasteiger partial charge in [-0.05, 0) is 0 Å². The SMILES string of the molecule is CC(=O)O[C@@H]1[C@@H](OC(C)=O)C[C@@]2(OC(C)=O)C[C@@H]1OC2=O. The molecule has 116 valence electrons. The van der Waals surface area contributed by atoms with Crippen LogP contribution in [0.4, 0.5) is 0 Å². The van der Waals surface area contributed by atoms with Gasteiger partial charge in [0.15, 0.2) is 6.10 Å². The fourth-order valence-corrected chi connectivity index (χ4v) is 2.79. The van der Waals surface area contributed by atoms with Crippen molar-refractivity contribution in [3.8, 4) is 0 Å². The van der Waals surface area contributed by atoms with E-state index in [2.05, 4.69) is 0 Å². The number of hydrogen-bond donors (Lipinski definition) is 0. The highest BCUT2D eigenvalue weighted by Crippen LogP contribution is 2.43. The molecule has 1 heterocycles. The van der Waals surface area contributed by atoms with Crippen LogP contribution in [-0.2, 0) is 38.1 Å². The maximum atomic E-state index is 12.0. The molecule has 8 nitrogen and oxygen atoms in total. The average molecular weight is 300 g/mol. The molecule has 0 aromatic carbocycles. The largest absolute Gasteiger partial charge is 0.458 e. The van der Waals surface area contributed by atoms with Gasteiger partial charge in [0, 0.05) is 33.6 Å². The summed E-state index contributed by atoms with van der Waals surface area (Å²) in [5.41, 5.74) is -1.48. The van der Waals surface area contributed by atoms with Crippen molar-refractivity contribution in [2.45, 2.75) is 57.5 Å². The van der Waals surface area contributed by atoms with E-state index in [0.29, 0.717) is 0 Å². The fourth-order valence-electron chi connectivity index (χ4n) is 2.79. The molecule has 0 aromatic heterocycles. The summed E-state index contributed by atoms with van der Waals surface area (Å²) in [6.07, 6.45) is -2.64. The molecule has 1 aliphatic carbocycles. The maximum Gasteiger partial charge on any atom is 0.351 e. The van der Waals surface area contributed by atoms with Crippen LogP contribution in [0.3, 0.4) is 0 Å². The highest BCUT2D eigenvalue weighted by molar-refractivity contribution is 5.85. The molecule has 2 aliphatic rings. The van der Waals surface area contributed by atoms with Crippen molar-refractivity contribution in [3.63, 3.8) is 0 Å². The number of fused-ring (bicyclic) bond motifs is 2. The second-order valence-electron chi connectivity index (χ2n) is 5.16. The van der Waals surface area contributed by atoms with E-state index in [-0.39, 0.29) is 12.8 Å². The van der Waals surface area contributed by atoms with Gasteiger partial charge in [-0.1, -0.05) is 0 Å². The molecule has 0 spiro atoms. The van der Waals surface area contributed by atoms with Gasteiger partial charge in [-0.3, -0.25) is 14.4 Å². The molecule has 0 aromatic rings. The third-order valence-electron chi connectivity index (χ3n) is 3.38. The summed E-state index contributed by atoms with van der Waals surface area (Å²) in [4.78, 5) is 45.6. The number of carbonyl (C=O) groups excluding carboxylic acids is 4. The third kappa shape index (κ3) is 2.98. The summed E-state index contributed by atoms with van der Waals surface area (Å²) in [6.45, 7) is 3.58. The Kier molecular flexibility index (Phi) is 3.89. The van der Waals surface area contributed by atoms with E-state index in [1.165, 1.54) is 20.8 Å². The minimum atomic E-state index is -1.48. The molecule has 21 heavy (non-hydrogen) atoms. The molecular formula is C13H16O8. The summed E-state index contributed by atoms with van der Waals surface area (Å²) >= 11 is 0. The first-order chi connectivity index (χ1) is 9.73. The van der Waals surface area contributed by atoms with Crippen LogP contribution in [-0.4, -0.2) is 47.8 Å². The summed E-state index contributed by atoms with van der Waals surface area (Å²) < 4.78 is 20.4. The first kappa shape index (κ1) is 15.3. The Bertz CT molecular complexity index is 498. The van der Waals surface area contributed by atoms with Gasteiger partial charge in [-0.25, -0.2) is 4.79 Å². The lowest BCUT2D eigenvalue weighted by Gasteiger charge is -2.36. The lowest BCUT2D eigenvalue weighted by molar-refractivity contribution is -0.187. The van der Waals surface area contributed by atoms with Gasteiger partial charge in [0.05, 0.1) is 0 Å². The normalized spacial score (nSPS) is 33.9. The molecule has 8 heteroatoms. The second-order valence-corrected chi connectivity index (χ2v) is 5.16. The lowest BCUT2D eigenvalue weighted by Crippen LogP contribution is -2.53. The van der Waals surface area contributed by atoms with Crippen LogP contribution in [0.15, 0.2) is 0 Å². The topological polar surface area (TPSA) is 105 Å². The van der Waals surface area contributed by atoms with Crippen molar-refractivity contribution in [2.24, 2.45) is 0 Å². The van der Waals surface area contributed by atoms with Crippen molar-refractivity contribution < 1.29 is 38.1 Å². The van der Waals surface area contributed by atoms with E-state index in [1.807, 2.05) is 0 Å². The Morgan fingerprint density at radius 2 is 1.67 bits per heavy atom. The highest BCUT2D eigenvalue weighted by atomic mass is 16.6. The van der Waals surface area contributed by atoms with Crippen LogP contribution in [0.5, 0.6) is 0 Å². The van der Waals surface area contributed by atoms with E-state index >= 15 is 0 Å². The Morgan fingerprint density at radius 3 is 2.19 bits per heavy atom. The zero-order valence-electron chi connectivity index (χ0n) is 11.9. The predicted molar refractivity (Wildman–Crippen MR) is 64.7 cm³/mol. The second kappa shape index (κ2) is 5.34. The molecule has 0 N–H and O–H groups in total. The van der Waals surface area contributed by atoms with Gasteiger partial charge in [0.1, 0.15) is 12.2 Å². The molecule has 1 saturated carbocycles. The lowest BCUT2D eigenvalue weighted by atomic mass is 9.81. The Balaban J connectivity index is 2.28. The molecule has 1 saturated heterocycles. The van der Waals surface area contributed by atoms with E-state index < -0.39 is 47.8 Å². The molecule has 4 atom stereocenters. The van der Waals surface area contributed by atoms with E-state index in [4.69, 9.17) is 18.9 Å². The average Bonchev–Trinajstić information content (AvgIpc) is 2.56. The van der Waals surface area contributed by atoms with Crippen LogP contribution in [0.25, 0.3) is 0 Å². The van der Waals surface area contributed by atoms with Gasteiger partial charge in [0.25, 0.3) is 0 Å². The Labute approximate surface area is 120 Å². The number of rotatable bonds is 3. The van der Waals surface area contributed by atoms with Crippen molar-refractivity contribution >= 4 is 23.9 Å². The first-order valence-electron chi connectivity index (χ1n) is 6.48. The zero-order chi connectivity index (χ0) is 15.8. The van der Waals surface area contributed by atoms with Crippen LogP contribution in [0.1, 0.15) is 33.6 Å². The molecule has 2 fully saturated rings. The smallest absolute Gasteiger partial charge is 0.351 e. The van der Waals surface area contributed by atoms with Crippen molar-refractivity contribution in [2.75, 3.05) is 0 Å². The molecular weight excluding hydrogens is 284 g/mol. The zero-order valence-corrected chi connectivity index (χ0v) is 11.9. The minimum absolute atomic E-state index is 0.0706. The monoisotopic (exact) mass is 300 g/mol. The van der Waals surface area contributed by atoms with E-state index in [0.717, 1.165) is 0 Å². The predicted octanol–water partition coefficient (Wildman–Crippen LogP) is -0.129. The molecule has 1 aliphatic heterocycles. The Hall–Kier alpha value is -2.12. The van der Waals surface area contributed by atoms with Crippen molar-refractivity contribution in [1.82, 2.24) is 0 Å². The number of esters is 4. The quantitative estimate of drug-likeness (QED) is 0.524. The number of ether oxygens (including phenoxy) is 4. The van der Waals surface area contributed by atoms with E-state index in [1.54, 1.807) is 0 Å². The minimum Gasteiger partial charge on any atom is -0.458 e. The molecule has 0 radical (unpaired) electrons. The number of hydrogen-bond acceptors (Lipinski definition) is 8. The van der Waals surface area contributed by atoms with Crippen molar-refractivity contribution in [3.05, 3.63) is 0 Å². The summed E-state index contributed by atoms with van der Waals surface area (Å²) in [6, 6.07) is 0. The van der Waals surface area contributed by atoms with Gasteiger partial charge in [-0.15, -0.1) is 0 Å². The molecule has 2 bridgehead atoms. The van der Waals surface area contributed by atoms with Crippen LogP contribution < -0.4 is 0 Å². The first-order valence-corrected chi connectivity index (χ1v) is 6.48. The molecule has 0 amide bonds. The highest BCUT2D eigenvalue weighted by Gasteiger charge is 2.63.